The first-order valence-electron chi connectivity index (χ1n) is 3.43. The highest BCUT2D eigenvalue weighted by Gasteiger charge is 2.29. The van der Waals surface area contributed by atoms with Gasteiger partial charge in [0.2, 0.25) is 5.69 Å². The molecule has 0 aliphatic carbocycles. The van der Waals surface area contributed by atoms with Crippen LogP contribution in [0.15, 0.2) is 12.4 Å². The Hall–Kier alpha value is -1.84. The molecule has 0 aliphatic rings. The van der Waals surface area contributed by atoms with Crippen LogP contribution >= 0.6 is 0 Å². The average molecular weight is 203 g/mol. The van der Waals surface area contributed by atoms with Crippen LogP contribution in [0.2, 0.25) is 0 Å². The van der Waals surface area contributed by atoms with E-state index >= 15 is 0 Å². The topological polar surface area (TPSA) is 58.8 Å². The third-order valence-corrected chi connectivity index (χ3v) is 1.14. The van der Waals surface area contributed by atoms with Crippen LogP contribution in [-0.4, -0.2) is 22.8 Å². The summed E-state index contributed by atoms with van der Waals surface area (Å²) in [6, 6.07) is 1.57. The lowest BCUT2D eigenvalue weighted by Crippen LogP contribution is -2.20. The third-order valence-electron chi connectivity index (χ3n) is 1.14. The van der Waals surface area contributed by atoms with Gasteiger partial charge in [-0.1, -0.05) is 0 Å². The van der Waals surface area contributed by atoms with E-state index in [4.69, 9.17) is 5.26 Å². The minimum absolute atomic E-state index is 0.267. The monoisotopic (exact) mass is 203 g/mol. The summed E-state index contributed by atoms with van der Waals surface area (Å²) < 4.78 is 39.4. The SMILES string of the molecule is N#Cc1nccnc1OCC(F)(F)F. The van der Waals surface area contributed by atoms with Crippen LogP contribution < -0.4 is 4.74 Å². The molecule has 0 unspecified atom stereocenters. The Balaban J connectivity index is 2.73. The van der Waals surface area contributed by atoms with Gasteiger partial charge >= 0.3 is 6.18 Å². The molecule has 0 aliphatic heterocycles. The van der Waals surface area contributed by atoms with Gasteiger partial charge < -0.3 is 4.74 Å². The van der Waals surface area contributed by atoms with Crippen molar-refractivity contribution in [2.75, 3.05) is 6.61 Å². The summed E-state index contributed by atoms with van der Waals surface area (Å²) in [4.78, 5) is 6.93. The van der Waals surface area contributed by atoms with E-state index in [1.54, 1.807) is 6.07 Å². The van der Waals surface area contributed by atoms with Gasteiger partial charge in [-0.05, 0) is 0 Å². The fraction of sp³-hybridized carbons (Fsp3) is 0.286. The van der Waals surface area contributed by atoms with E-state index in [-0.39, 0.29) is 5.69 Å². The summed E-state index contributed by atoms with van der Waals surface area (Å²) in [6.07, 6.45) is -2.12. The maximum Gasteiger partial charge on any atom is 0.422 e. The van der Waals surface area contributed by atoms with Gasteiger partial charge in [0.15, 0.2) is 6.61 Å². The highest BCUT2D eigenvalue weighted by Crippen LogP contribution is 2.17. The molecule has 1 aromatic heterocycles. The predicted molar refractivity (Wildman–Crippen MR) is 38.3 cm³/mol. The number of hydrogen-bond donors (Lipinski definition) is 0. The van der Waals surface area contributed by atoms with Crippen LogP contribution in [0.3, 0.4) is 0 Å². The molecule has 0 radical (unpaired) electrons. The zero-order valence-electron chi connectivity index (χ0n) is 6.75. The van der Waals surface area contributed by atoms with Crippen LogP contribution in [0.5, 0.6) is 5.88 Å². The number of ether oxygens (including phenoxy) is 1. The van der Waals surface area contributed by atoms with Crippen molar-refractivity contribution in [3.63, 3.8) is 0 Å². The Kier molecular flexibility index (Phi) is 2.86. The van der Waals surface area contributed by atoms with E-state index in [1.807, 2.05) is 0 Å². The molecular formula is C7H4F3N3O. The molecule has 7 heteroatoms. The Morgan fingerprint density at radius 1 is 1.36 bits per heavy atom. The number of nitrogens with zero attached hydrogens (tertiary/aromatic N) is 3. The van der Waals surface area contributed by atoms with Crippen LogP contribution in [0.4, 0.5) is 13.2 Å². The second kappa shape index (κ2) is 3.91. The number of alkyl halides is 3. The highest BCUT2D eigenvalue weighted by atomic mass is 19.4. The fourth-order valence-corrected chi connectivity index (χ4v) is 0.658. The van der Waals surface area contributed by atoms with Gasteiger partial charge in [-0.15, -0.1) is 0 Å². The quantitative estimate of drug-likeness (QED) is 0.726. The van der Waals surface area contributed by atoms with Crippen molar-refractivity contribution in [1.82, 2.24) is 9.97 Å². The first-order chi connectivity index (χ1) is 6.53. The van der Waals surface area contributed by atoms with Gasteiger partial charge in [-0.25, -0.2) is 9.97 Å². The maximum atomic E-state index is 11.7. The smallest absolute Gasteiger partial charge is 0.422 e. The number of hydrogen-bond acceptors (Lipinski definition) is 4. The van der Waals surface area contributed by atoms with Gasteiger partial charge in [0.05, 0.1) is 0 Å². The van der Waals surface area contributed by atoms with Crippen LogP contribution in [0.1, 0.15) is 5.69 Å². The summed E-state index contributed by atoms with van der Waals surface area (Å²) >= 11 is 0. The maximum absolute atomic E-state index is 11.7. The Bertz CT molecular complexity index is 358. The van der Waals surface area contributed by atoms with E-state index < -0.39 is 18.7 Å². The van der Waals surface area contributed by atoms with Gasteiger partial charge in [-0.2, -0.15) is 18.4 Å². The summed E-state index contributed by atoms with van der Waals surface area (Å²) in [5, 5.41) is 8.43. The fourth-order valence-electron chi connectivity index (χ4n) is 0.658. The first kappa shape index (κ1) is 10.2. The van der Waals surface area contributed by atoms with Crippen molar-refractivity contribution in [2.45, 2.75) is 6.18 Å². The normalized spacial score (nSPS) is 10.7. The van der Waals surface area contributed by atoms with Crippen molar-refractivity contribution < 1.29 is 17.9 Å². The molecule has 0 saturated carbocycles. The zero-order valence-corrected chi connectivity index (χ0v) is 6.75. The molecule has 74 valence electrons. The molecule has 0 atom stereocenters. The highest BCUT2D eigenvalue weighted by molar-refractivity contribution is 5.29. The molecule has 1 heterocycles. The average Bonchev–Trinajstić information content (AvgIpc) is 2.14. The molecule has 0 amide bonds. The Morgan fingerprint density at radius 2 is 2.00 bits per heavy atom. The van der Waals surface area contributed by atoms with Gasteiger partial charge in [0.25, 0.3) is 5.88 Å². The molecule has 0 saturated heterocycles. The molecule has 0 spiro atoms. The minimum Gasteiger partial charge on any atom is -0.466 e. The second-order valence-electron chi connectivity index (χ2n) is 2.23. The lowest BCUT2D eigenvalue weighted by Gasteiger charge is -2.07. The van der Waals surface area contributed by atoms with E-state index in [2.05, 4.69) is 14.7 Å². The third kappa shape index (κ3) is 2.90. The van der Waals surface area contributed by atoms with Gasteiger partial charge in [0.1, 0.15) is 6.07 Å². The van der Waals surface area contributed by atoms with E-state index in [9.17, 15) is 13.2 Å². The summed E-state index contributed by atoms with van der Waals surface area (Å²) in [5.74, 6) is -0.410. The van der Waals surface area contributed by atoms with Crippen molar-refractivity contribution >= 4 is 0 Å². The van der Waals surface area contributed by atoms with Gasteiger partial charge in [0, 0.05) is 12.4 Å². The molecule has 0 bridgehead atoms. The lowest BCUT2D eigenvalue weighted by atomic mass is 10.5. The standard InChI is InChI=1S/C7H4F3N3O/c8-7(9,10)4-14-6-5(3-11)12-1-2-13-6/h1-2H,4H2. The van der Waals surface area contributed by atoms with Crippen molar-refractivity contribution in [3.05, 3.63) is 18.1 Å². The molecule has 4 nitrogen and oxygen atoms in total. The van der Waals surface area contributed by atoms with Crippen LogP contribution in [-0.2, 0) is 0 Å². The molecule has 0 N–H and O–H groups in total. The summed E-state index contributed by atoms with van der Waals surface area (Å²) in [6.45, 7) is -1.49. The molecular weight excluding hydrogens is 199 g/mol. The lowest BCUT2D eigenvalue weighted by molar-refractivity contribution is -0.154. The number of nitriles is 1. The number of aromatic nitrogens is 2. The number of halogens is 3. The van der Waals surface area contributed by atoms with Crippen molar-refractivity contribution in [2.24, 2.45) is 0 Å². The summed E-state index contributed by atoms with van der Waals surface area (Å²) in [5.41, 5.74) is -0.267. The first-order valence-corrected chi connectivity index (χ1v) is 3.43. The zero-order chi connectivity index (χ0) is 10.6. The van der Waals surface area contributed by atoms with Crippen LogP contribution in [0, 0.1) is 11.3 Å². The molecule has 1 aromatic rings. The Labute approximate surface area is 77.0 Å². The predicted octanol–water partition coefficient (Wildman–Crippen LogP) is 1.29. The summed E-state index contributed by atoms with van der Waals surface area (Å²) in [7, 11) is 0. The molecule has 0 fully saturated rings. The Morgan fingerprint density at radius 3 is 2.57 bits per heavy atom. The molecule has 0 aromatic carbocycles. The molecule has 14 heavy (non-hydrogen) atoms. The number of rotatable bonds is 2. The van der Waals surface area contributed by atoms with Crippen LogP contribution in [0.25, 0.3) is 0 Å². The van der Waals surface area contributed by atoms with E-state index in [0.717, 1.165) is 6.20 Å². The van der Waals surface area contributed by atoms with Crippen molar-refractivity contribution in [1.29, 1.82) is 5.26 Å². The van der Waals surface area contributed by atoms with Gasteiger partial charge in [-0.3, -0.25) is 0 Å². The van der Waals surface area contributed by atoms with Crippen molar-refractivity contribution in [3.8, 4) is 11.9 Å². The van der Waals surface area contributed by atoms with E-state index in [1.165, 1.54) is 6.20 Å². The minimum atomic E-state index is -4.45. The molecule has 1 rings (SSSR count). The van der Waals surface area contributed by atoms with E-state index in [0.29, 0.717) is 0 Å². The largest absolute Gasteiger partial charge is 0.466 e. The second-order valence-corrected chi connectivity index (χ2v) is 2.23.